The molecule has 4 rings (SSSR count). The monoisotopic (exact) mass is 362 g/mol. The molecule has 1 unspecified atom stereocenters. The van der Waals surface area contributed by atoms with E-state index >= 15 is 0 Å². The number of benzene rings is 2. The SMILES string of the molecule is [LiH].[Li][C]1([Si](C)(C)NCc2ccccc2)C=C(N2CCCC2)c2ccccc21. The quantitative estimate of drug-likeness (QED) is 0.821. The number of rotatable bonds is 5. The molecule has 0 amide bonds. The summed E-state index contributed by atoms with van der Waals surface area (Å²) in [6.07, 6.45) is 5.24. The van der Waals surface area contributed by atoms with Crippen LogP contribution in [0, 0.1) is 0 Å². The Hall–Kier alpha value is -0.648. The Bertz CT molecular complexity index is 816. The molecule has 1 aliphatic carbocycles. The molecule has 0 aromatic heterocycles. The van der Waals surface area contributed by atoms with E-state index in [0.717, 1.165) is 6.54 Å². The van der Waals surface area contributed by atoms with Crippen molar-refractivity contribution in [2.75, 3.05) is 13.1 Å². The van der Waals surface area contributed by atoms with Crippen LogP contribution in [0.5, 0.6) is 0 Å². The first-order valence-corrected chi connectivity index (χ1v) is 12.9. The van der Waals surface area contributed by atoms with E-state index in [-0.39, 0.29) is 22.6 Å². The summed E-state index contributed by atoms with van der Waals surface area (Å²) in [6.45, 7) is 8.32. The second-order valence-electron chi connectivity index (χ2n) is 8.44. The molecular weight excluding hydrogens is 334 g/mol. The molecule has 2 aliphatic rings. The van der Waals surface area contributed by atoms with Gasteiger partial charge in [-0.25, -0.2) is 0 Å². The number of likely N-dealkylation sites (tertiary alicyclic amines) is 1. The number of hydrogen-bond acceptors (Lipinski definition) is 2. The third-order valence-electron chi connectivity index (χ3n) is 6.51. The Morgan fingerprint density at radius 2 is 1.63 bits per heavy atom. The second kappa shape index (κ2) is 8.38. The fraction of sp³-hybridized carbons (Fsp3) is 0.364. The number of fused-ring (bicyclic) bond motifs is 1. The molecule has 1 atom stereocenters. The minimum absolute atomic E-state index is 0. The molecule has 1 saturated heterocycles. The van der Waals surface area contributed by atoms with Crippen LogP contribution in [0.15, 0.2) is 60.7 Å². The van der Waals surface area contributed by atoms with E-state index in [1.807, 2.05) is 0 Å². The fourth-order valence-corrected chi connectivity index (χ4v) is 6.83. The van der Waals surface area contributed by atoms with Gasteiger partial charge in [0.25, 0.3) is 0 Å². The molecule has 0 radical (unpaired) electrons. The Kier molecular flexibility index (Phi) is 6.54. The molecule has 0 spiro atoms. The maximum atomic E-state index is 3.99. The van der Waals surface area contributed by atoms with Crippen LogP contribution in [0.4, 0.5) is 0 Å². The van der Waals surface area contributed by atoms with E-state index in [4.69, 9.17) is 0 Å². The van der Waals surface area contributed by atoms with Crippen molar-refractivity contribution < 1.29 is 0 Å². The molecule has 1 heterocycles. The van der Waals surface area contributed by atoms with E-state index in [1.165, 1.54) is 48.3 Å². The van der Waals surface area contributed by atoms with E-state index in [9.17, 15) is 0 Å². The summed E-state index contributed by atoms with van der Waals surface area (Å²) < 4.78 is 0.107. The van der Waals surface area contributed by atoms with Crippen LogP contribution in [0.2, 0.25) is 13.1 Å². The number of nitrogens with zero attached hydrogens (tertiary/aromatic N) is 1. The van der Waals surface area contributed by atoms with Gasteiger partial charge >= 0.3 is 187 Å². The van der Waals surface area contributed by atoms with Crippen LogP contribution in [0.1, 0.15) is 29.5 Å². The Balaban J connectivity index is 0.00000210. The summed E-state index contributed by atoms with van der Waals surface area (Å²) in [5.74, 6) is 0. The first-order valence-electron chi connectivity index (χ1n) is 9.88. The predicted octanol–water partition coefficient (Wildman–Crippen LogP) is 3.39. The molecule has 27 heavy (non-hydrogen) atoms. The first-order chi connectivity index (χ1) is 12.5. The minimum atomic E-state index is -1.77. The van der Waals surface area contributed by atoms with Crippen LogP contribution in [0.3, 0.4) is 0 Å². The van der Waals surface area contributed by atoms with Gasteiger partial charge in [-0.15, -0.1) is 0 Å². The van der Waals surface area contributed by atoms with Gasteiger partial charge in [-0.3, -0.25) is 0 Å². The number of nitrogens with one attached hydrogen (secondary N) is 1. The van der Waals surface area contributed by atoms with Gasteiger partial charge in [-0.1, -0.05) is 0 Å². The molecule has 132 valence electrons. The summed E-state index contributed by atoms with van der Waals surface area (Å²) in [4.78, 5) is 6.59. The third kappa shape index (κ3) is 3.92. The summed E-state index contributed by atoms with van der Waals surface area (Å²) in [6, 6.07) is 19.9. The molecule has 2 aromatic carbocycles. The van der Waals surface area contributed by atoms with Gasteiger partial charge in [-0.05, 0) is 0 Å². The van der Waals surface area contributed by atoms with Crippen molar-refractivity contribution in [2.24, 2.45) is 0 Å². The Labute approximate surface area is 186 Å². The van der Waals surface area contributed by atoms with Crippen LogP contribution in [-0.4, -0.2) is 62.8 Å². The van der Waals surface area contributed by atoms with Crippen molar-refractivity contribution in [3.05, 3.63) is 77.4 Å². The summed E-state index contributed by atoms with van der Waals surface area (Å²) in [7, 11) is -1.77. The zero-order chi connectivity index (χ0) is 18.2. The Morgan fingerprint density at radius 1 is 1.00 bits per heavy atom. The molecule has 1 fully saturated rings. The fourth-order valence-electron chi connectivity index (χ4n) is 4.43. The van der Waals surface area contributed by atoms with Crippen molar-refractivity contribution in [2.45, 2.75) is 36.2 Å². The maximum absolute atomic E-state index is 3.99. The van der Waals surface area contributed by atoms with Crippen molar-refractivity contribution >= 4 is 50.5 Å². The van der Waals surface area contributed by atoms with Crippen LogP contribution < -0.4 is 4.98 Å². The molecule has 1 aliphatic heterocycles. The molecule has 2 nitrogen and oxygen atoms in total. The topological polar surface area (TPSA) is 15.3 Å². The van der Waals surface area contributed by atoms with Crippen LogP contribution in [-0.2, 0) is 10.3 Å². The van der Waals surface area contributed by atoms with Crippen molar-refractivity contribution in [3.8, 4) is 0 Å². The number of allylic oxidation sites excluding steroid dienone is 1. The van der Waals surface area contributed by atoms with Crippen LogP contribution in [0.25, 0.3) is 5.70 Å². The van der Waals surface area contributed by atoms with E-state index in [2.05, 4.69) is 101 Å². The van der Waals surface area contributed by atoms with Gasteiger partial charge in [-0.2, -0.15) is 0 Å². The normalized spacial score (nSPS) is 21.6. The summed E-state index contributed by atoms with van der Waals surface area (Å²) >= 11 is 2.46. The molecule has 5 heteroatoms. The summed E-state index contributed by atoms with van der Waals surface area (Å²) in [5, 5.41) is 0. The molecule has 0 bridgehead atoms. The van der Waals surface area contributed by atoms with E-state index in [0.29, 0.717) is 0 Å². The van der Waals surface area contributed by atoms with Crippen molar-refractivity contribution in [1.82, 2.24) is 9.88 Å². The average molecular weight is 362 g/mol. The average Bonchev–Trinajstić information content (AvgIpc) is 3.29. The van der Waals surface area contributed by atoms with Gasteiger partial charge in [0.05, 0.1) is 0 Å². The summed E-state index contributed by atoms with van der Waals surface area (Å²) in [5.41, 5.74) is 5.81. The standard InChI is InChI=1S/C22H27N2Si.2Li.H/c1-25(2,23-17-18-10-4-3-5-11-18)22-16-21(24-14-8-9-15-24)19-12-6-7-13-20(19)22;;;/h3-7,10-13,16,23H,8-9,14-15,17H2,1-2H3;;;. The van der Waals surface area contributed by atoms with Gasteiger partial charge in [0.2, 0.25) is 0 Å². The molecule has 0 saturated carbocycles. The predicted molar refractivity (Wildman–Crippen MR) is 121 cm³/mol. The van der Waals surface area contributed by atoms with Crippen molar-refractivity contribution in [1.29, 1.82) is 0 Å². The molecule has 1 N–H and O–H groups in total. The Morgan fingerprint density at radius 3 is 2.33 bits per heavy atom. The van der Waals surface area contributed by atoms with Gasteiger partial charge < -0.3 is 0 Å². The zero-order valence-corrected chi connectivity index (χ0v) is 17.3. The molecule has 2 aromatic rings. The zero-order valence-electron chi connectivity index (χ0n) is 16.3. The van der Waals surface area contributed by atoms with E-state index in [1.54, 1.807) is 0 Å². The first kappa shape index (κ1) is 21.1. The van der Waals surface area contributed by atoms with Gasteiger partial charge in [0, 0.05) is 0 Å². The van der Waals surface area contributed by atoms with Crippen molar-refractivity contribution in [3.63, 3.8) is 0 Å². The van der Waals surface area contributed by atoms with Gasteiger partial charge in [0.15, 0.2) is 0 Å². The second-order valence-corrected chi connectivity index (χ2v) is 13.1. The third-order valence-corrected chi connectivity index (χ3v) is 10.6. The number of hydrogen-bond donors (Lipinski definition) is 1. The van der Waals surface area contributed by atoms with Gasteiger partial charge in [0.1, 0.15) is 0 Å². The van der Waals surface area contributed by atoms with Crippen LogP contribution >= 0.6 is 0 Å². The molecular formula is C22H28Li2N2Si. The van der Waals surface area contributed by atoms with E-state index < -0.39 is 8.24 Å².